The van der Waals surface area contributed by atoms with Crippen molar-refractivity contribution in [3.63, 3.8) is 0 Å². The second-order valence-corrected chi connectivity index (χ2v) is 10.6. The van der Waals surface area contributed by atoms with Gasteiger partial charge in [0.1, 0.15) is 6.61 Å². The number of benzene rings is 1. The first-order chi connectivity index (χ1) is 15.1. The number of rotatable bonds is 12. The van der Waals surface area contributed by atoms with Gasteiger partial charge in [0.15, 0.2) is 21.4 Å². The van der Waals surface area contributed by atoms with Crippen LogP contribution >= 0.6 is 0 Å². The average Bonchev–Trinajstić information content (AvgIpc) is 3.48. The minimum atomic E-state index is -3.39. The number of imide groups is 1. The van der Waals surface area contributed by atoms with Crippen LogP contribution in [0.2, 0.25) is 0 Å². The molecule has 0 radical (unpaired) electrons. The van der Waals surface area contributed by atoms with Crippen LogP contribution in [0.1, 0.15) is 44.1 Å². The number of nitrogens with one attached hydrogen (secondary N) is 1. The summed E-state index contributed by atoms with van der Waals surface area (Å²) in [6.45, 7) is -0.104. The fourth-order valence-electron chi connectivity index (χ4n) is 3.87. The molecule has 32 heavy (non-hydrogen) atoms. The predicted octanol–water partition coefficient (Wildman–Crippen LogP) is 3.03. The zero-order valence-electron chi connectivity index (χ0n) is 17.6. The van der Waals surface area contributed by atoms with Crippen LogP contribution in [0, 0.1) is 5.82 Å². The van der Waals surface area contributed by atoms with Gasteiger partial charge in [0.05, 0.1) is 11.5 Å². The Morgan fingerprint density at radius 3 is 2.56 bits per heavy atom. The number of carbonyl (C=O) groups is 2. The molecule has 1 heterocycles. The fourth-order valence-corrected chi connectivity index (χ4v) is 5.96. The van der Waals surface area contributed by atoms with Gasteiger partial charge in [0, 0.05) is 24.9 Å². The molecule has 11 heteroatoms. The van der Waals surface area contributed by atoms with Crippen molar-refractivity contribution >= 4 is 21.8 Å². The Balaban J connectivity index is 1.48. The summed E-state index contributed by atoms with van der Waals surface area (Å²) in [5, 5.41) is 2.25. The number of ether oxygens (including phenoxy) is 1. The lowest BCUT2D eigenvalue weighted by Gasteiger charge is -2.26. The number of carbonyl (C=O) groups excluding carboxylic acids is 2. The molecule has 2 aliphatic rings. The highest BCUT2D eigenvalue weighted by atomic mass is 32.2. The Bertz CT molecular complexity index is 951. The molecule has 1 aromatic rings. The summed E-state index contributed by atoms with van der Waals surface area (Å²) in [6.07, 6.45) is 0.459. The lowest BCUT2D eigenvalue weighted by Crippen LogP contribution is -2.49. The van der Waals surface area contributed by atoms with Gasteiger partial charge >= 0.3 is 6.03 Å². The molecule has 2 fully saturated rings. The van der Waals surface area contributed by atoms with Crippen LogP contribution in [0.5, 0.6) is 5.75 Å². The first-order valence-electron chi connectivity index (χ1n) is 10.6. The summed E-state index contributed by atoms with van der Waals surface area (Å²) in [7, 11) is -3.39. The maximum absolute atomic E-state index is 13.9. The summed E-state index contributed by atoms with van der Waals surface area (Å²) >= 11 is 0. The van der Waals surface area contributed by atoms with E-state index < -0.39 is 40.1 Å². The van der Waals surface area contributed by atoms with Gasteiger partial charge in [0.2, 0.25) is 5.91 Å². The lowest BCUT2D eigenvalue weighted by molar-refractivity contribution is -0.121. The second kappa shape index (κ2) is 10.1. The van der Waals surface area contributed by atoms with E-state index in [4.69, 9.17) is 4.74 Å². The molecule has 1 saturated carbocycles. The minimum absolute atomic E-state index is 0.00460. The summed E-state index contributed by atoms with van der Waals surface area (Å²) < 4.78 is 68.7. The number of hydrogen-bond acceptors (Lipinski definition) is 5. The highest BCUT2D eigenvalue weighted by molar-refractivity contribution is 7.91. The van der Waals surface area contributed by atoms with Gasteiger partial charge < -0.3 is 9.64 Å². The highest BCUT2D eigenvalue weighted by Gasteiger charge is 2.47. The van der Waals surface area contributed by atoms with Crippen LogP contribution in [0.3, 0.4) is 0 Å². The molecule has 178 valence electrons. The van der Waals surface area contributed by atoms with E-state index in [1.807, 2.05) is 0 Å². The molecule has 0 aromatic heterocycles. The van der Waals surface area contributed by atoms with E-state index >= 15 is 0 Å². The van der Waals surface area contributed by atoms with Gasteiger partial charge in [0.25, 0.3) is 6.43 Å². The number of hydrogen-bond donors (Lipinski definition) is 1. The number of alkyl halides is 2. The summed E-state index contributed by atoms with van der Waals surface area (Å²) in [5.41, 5.74) is -0.0501. The molecule has 0 bridgehead atoms. The predicted molar refractivity (Wildman–Crippen MR) is 111 cm³/mol. The van der Waals surface area contributed by atoms with Crippen molar-refractivity contribution in [2.24, 2.45) is 0 Å². The Labute approximate surface area is 185 Å². The van der Waals surface area contributed by atoms with E-state index in [-0.39, 0.29) is 29.6 Å². The monoisotopic (exact) mass is 476 g/mol. The zero-order chi connectivity index (χ0) is 23.4. The molecule has 3 amide bonds. The maximum Gasteiger partial charge on any atom is 0.324 e. The number of amides is 3. The van der Waals surface area contributed by atoms with E-state index in [1.54, 1.807) is 0 Å². The fraction of sp³-hybridized carbons (Fsp3) is 0.619. The third-order valence-electron chi connectivity index (χ3n) is 5.78. The minimum Gasteiger partial charge on any atom is -0.485 e. The van der Waals surface area contributed by atoms with E-state index in [9.17, 15) is 31.2 Å². The lowest BCUT2D eigenvalue weighted by atomic mass is 9.98. The quantitative estimate of drug-likeness (QED) is 0.468. The van der Waals surface area contributed by atoms with Crippen LogP contribution in [-0.4, -0.2) is 62.9 Å². The van der Waals surface area contributed by atoms with Gasteiger partial charge in [-0.15, -0.1) is 0 Å². The second-order valence-electron chi connectivity index (χ2n) is 8.37. The molecular formula is C21H27F3N2O5S. The topological polar surface area (TPSA) is 92.8 Å². The van der Waals surface area contributed by atoms with Gasteiger partial charge in [-0.2, -0.15) is 0 Å². The molecule has 1 aliphatic heterocycles. The Hall–Kier alpha value is -2.30. The van der Waals surface area contributed by atoms with Crippen LogP contribution in [-0.2, 0) is 20.0 Å². The average molecular weight is 477 g/mol. The number of urea groups is 1. The van der Waals surface area contributed by atoms with Crippen molar-refractivity contribution < 1.29 is 35.9 Å². The van der Waals surface area contributed by atoms with E-state index in [1.165, 1.54) is 17.0 Å². The van der Waals surface area contributed by atoms with Crippen molar-refractivity contribution in [3.8, 4) is 5.75 Å². The Kier molecular flexibility index (Phi) is 7.68. The standard InChI is InChI=1S/C21H27F3N2O5S/c22-16-5-4-15(12-17(16)31-13-18(23)24)21(7-8-21)14-32(29,30)11-3-1-2-9-26-10-6-19(27)25-20(26)28/h4-5,12,18H,1-3,6-11,13-14H2,(H,25,27,28). The van der Waals surface area contributed by atoms with Crippen LogP contribution < -0.4 is 10.1 Å². The van der Waals surface area contributed by atoms with Crippen molar-refractivity contribution in [2.45, 2.75) is 50.4 Å². The van der Waals surface area contributed by atoms with Crippen molar-refractivity contribution in [1.29, 1.82) is 0 Å². The molecule has 0 atom stereocenters. The Morgan fingerprint density at radius 2 is 1.91 bits per heavy atom. The maximum atomic E-state index is 13.9. The number of sulfone groups is 1. The van der Waals surface area contributed by atoms with Crippen molar-refractivity contribution in [2.75, 3.05) is 31.2 Å². The summed E-state index contributed by atoms with van der Waals surface area (Å²) in [6, 6.07) is 3.52. The van der Waals surface area contributed by atoms with E-state index in [0.29, 0.717) is 50.8 Å². The smallest absolute Gasteiger partial charge is 0.324 e. The summed E-state index contributed by atoms with van der Waals surface area (Å²) in [4.78, 5) is 24.4. The van der Waals surface area contributed by atoms with Crippen molar-refractivity contribution in [3.05, 3.63) is 29.6 Å². The molecule has 0 spiro atoms. The molecule has 1 N–H and O–H groups in total. The molecule has 1 aliphatic carbocycles. The Morgan fingerprint density at radius 1 is 1.16 bits per heavy atom. The van der Waals surface area contributed by atoms with Crippen LogP contribution in [0.25, 0.3) is 0 Å². The van der Waals surface area contributed by atoms with Gasteiger partial charge in [-0.3, -0.25) is 10.1 Å². The number of halogens is 3. The van der Waals surface area contributed by atoms with Gasteiger partial charge in [-0.1, -0.05) is 12.5 Å². The number of unbranched alkanes of at least 4 members (excludes halogenated alkanes) is 2. The largest absolute Gasteiger partial charge is 0.485 e. The van der Waals surface area contributed by atoms with E-state index in [2.05, 4.69) is 5.32 Å². The molecule has 7 nitrogen and oxygen atoms in total. The molecule has 0 unspecified atom stereocenters. The molecular weight excluding hydrogens is 449 g/mol. The third-order valence-corrected chi connectivity index (χ3v) is 7.69. The zero-order valence-corrected chi connectivity index (χ0v) is 18.4. The van der Waals surface area contributed by atoms with Gasteiger partial charge in [-0.05, 0) is 43.4 Å². The van der Waals surface area contributed by atoms with Gasteiger partial charge in [-0.25, -0.2) is 26.4 Å². The van der Waals surface area contributed by atoms with Crippen molar-refractivity contribution in [1.82, 2.24) is 10.2 Å². The SMILES string of the molecule is O=C1CCN(CCCCCS(=O)(=O)CC2(c3ccc(F)c(OCC(F)F)c3)CC2)C(=O)N1. The summed E-state index contributed by atoms with van der Waals surface area (Å²) in [5.74, 6) is -1.44. The molecule has 1 aromatic carbocycles. The normalized spacial score (nSPS) is 18.1. The first-order valence-corrected chi connectivity index (χ1v) is 12.4. The first kappa shape index (κ1) is 24.3. The van der Waals surface area contributed by atoms with E-state index in [0.717, 1.165) is 6.07 Å². The third kappa shape index (κ3) is 6.60. The van der Waals surface area contributed by atoms with Crippen LogP contribution in [0.4, 0.5) is 18.0 Å². The van der Waals surface area contributed by atoms with Crippen LogP contribution in [0.15, 0.2) is 18.2 Å². The highest BCUT2D eigenvalue weighted by Crippen LogP contribution is 2.50. The molecule has 3 rings (SSSR count). The number of nitrogens with zero attached hydrogens (tertiary/aromatic N) is 1. The molecule has 1 saturated heterocycles.